The minimum absolute atomic E-state index is 0.134. The second-order valence-electron chi connectivity index (χ2n) is 4.48. The highest BCUT2D eigenvalue weighted by Gasteiger charge is 2.10. The molecular weight excluding hydrogens is 269 g/mol. The van der Waals surface area contributed by atoms with E-state index in [1.807, 2.05) is 13.1 Å². The van der Waals surface area contributed by atoms with Crippen LogP contribution in [0.1, 0.15) is 25.8 Å². The Hall–Kier alpha value is -0.570. The van der Waals surface area contributed by atoms with Crippen LogP contribution in [0.15, 0.2) is 18.2 Å². The van der Waals surface area contributed by atoms with E-state index in [1.165, 1.54) is 6.07 Å². The molecule has 0 unspecified atom stereocenters. The molecular formula is C13H19BrFN. The first-order chi connectivity index (χ1) is 7.56. The highest BCUT2D eigenvalue weighted by molar-refractivity contribution is 9.08. The standard InChI is InChI=1S/C13H19BrFN/c1-10(2)7-8-16(3)13-6-4-5-12(15)11(13)9-14/h4-6,10H,7-9H2,1-3H3. The Balaban J connectivity index is 2.82. The lowest BCUT2D eigenvalue weighted by molar-refractivity contribution is 0.582. The molecule has 1 aromatic rings. The van der Waals surface area contributed by atoms with Gasteiger partial charge in [-0.25, -0.2) is 4.39 Å². The summed E-state index contributed by atoms with van der Waals surface area (Å²) in [6, 6.07) is 5.25. The third-order valence-corrected chi connectivity index (χ3v) is 3.24. The summed E-state index contributed by atoms with van der Waals surface area (Å²) in [7, 11) is 2.02. The molecule has 0 fully saturated rings. The smallest absolute Gasteiger partial charge is 0.129 e. The summed E-state index contributed by atoms with van der Waals surface area (Å²) in [5, 5.41) is 0.557. The van der Waals surface area contributed by atoms with Crippen molar-refractivity contribution in [3.8, 4) is 0 Å². The third kappa shape index (κ3) is 3.48. The Morgan fingerprint density at radius 3 is 2.62 bits per heavy atom. The molecule has 0 atom stereocenters. The number of rotatable bonds is 5. The summed E-state index contributed by atoms with van der Waals surface area (Å²) < 4.78 is 13.6. The zero-order chi connectivity index (χ0) is 12.1. The third-order valence-electron chi connectivity index (χ3n) is 2.68. The molecule has 0 aromatic heterocycles. The molecule has 0 saturated heterocycles. The van der Waals surface area contributed by atoms with Crippen LogP contribution in [0.2, 0.25) is 0 Å². The molecule has 0 N–H and O–H groups in total. The van der Waals surface area contributed by atoms with Gasteiger partial charge in [-0.15, -0.1) is 0 Å². The van der Waals surface area contributed by atoms with Crippen molar-refractivity contribution in [1.29, 1.82) is 0 Å². The molecule has 1 rings (SSSR count). The Morgan fingerprint density at radius 1 is 1.38 bits per heavy atom. The van der Waals surface area contributed by atoms with E-state index >= 15 is 0 Å². The molecule has 90 valence electrons. The molecule has 0 heterocycles. The van der Waals surface area contributed by atoms with Crippen molar-refractivity contribution < 1.29 is 4.39 Å². The minimum atomic E-state index is -0.134. The lowest BCUT2D eigenvalue weighted by Crippen LogP contribution is -2.21. The summed E-state index contributed by atoms with van der Waals surface area (Å²) >= 11 is 3.34. The highest BCUT2D eigenvalue weighted by atomic mass is 79.9. The Bertz CT molecular complexity index is 339. The SMILES string of the molecule is CC(C)CCN(C)c1cccc(F)c1CBr. The van der Waals surface area contributed by atoms with E-state index in [9.17, 15) is 4.39 Å². The van der Waals surface area contributed by atoms with Crippen LogP contribution in [0.25, 0.3) is 0 Å². The van der Waals surface area contributed by atoms with Gasteiger partial charge >= 0.3 is 0 Å². The van der Waals surface area contributed by atoms with Crippen LogP contribution < -0.4 is 4.90 Å². The largest absolute Gasteiger partial charge is 0.374 e. The van der Waals surface area contributed by atoms with Crippen LogP contribution in [0.5, 0.6) is 0 Å². The van der Waals surface area contributed by atoms with Gasteiger partial charge in [0.25, 0.3) is 0 Å². The van der Waals surface area contributed by atoms with E-state index in [-0.39, 0.29) is 5.82 Å². The molecule has 3 heteroatoms. The number of halogens is 2. The first kappa shape index (κ1) is 13.5. The van der Waals surface area contributed by atoms with Gasteiger partial charge in [-0.3, -0.25) is 0 Å². The van der Waals surface area contributed by atoms with Gasteiger partial charge in [0.15, 0.2) is 0 Å². The molecule has 0 aliphatic heterocycles. The van der Waals surface area contributed by atoms with Crippen LogP contribution in [-0.4, -0.2) is 13.6 Å². The summed E-state index contributed by atoms with van der Waals surface area (Å²) in [5.41, 5.74) is 1.73. The van der Waals surface area contributed by atoms with Gasteiger partial charge in [-0.1, -0.05) is 35.8 Å². The van der Waals surface area contributed by atoms with Crippen molar-refractivity contribution in [2.75, 3.05) is 18.5 Å². The fraction of sp³-hybridized carbons (Fsp3) is 0.538. The molecule has 1 aromatic carbocycles. The normalized spacial score (nSPS) is 10.9. The number of hydrogen-bond acceptors (Lipinski definition) is 1. The van der Waals surface area contributed by atoms with Crippen LogP contribution in [0, 0.1) is 11.7 Å². The van der Waals surface area contributed by atoms with E-state index in [0.717, 1.165) is 24.2 Å². The van der Waals surface area contributed by atoms with E-state index < -0.39 is 0 Å². The zero-order valence-electron chi connectivity index (χ0n) is 10.1. The van der Waals surface area contributed by atoms with Gasteiger partial charge in [-0.2, -0.15) is 0 Å². The molecule has 0 amide bonds. The number of benzene rings is 1. The quantitative estimate of drug-likeness (QED) is 0.734. The van der Waals surface area contributed by atoms with Crippen LogP contribution in [0.3, 0.4) is 0 Å². The number of hydrogen-bond donors (Lipinski definition) is 0. The maximum Gasteiger partial charge on any atom is 0.129 e. The summed E-state index contributed by atoms with van der Waals surface area (Å²) in [5.74, 6) is 0.536. The van der Waals surface area contributed by atoms with Gasteiger partial charge in [-0.05, 0) is 24.5 Å². The van der Waals surface area contributed by atoms with Crippen molar-refractivity contribution in [2.24, 2.45) is 5.92 Å². The number of alkyl halides is 1. The van der Waals surface area contributed by atoms with Gasteiger partial charge in [0.05, 0.1) is 0 Å². The molecule has 1 nitrogen and oxygen atoms in total. The highest BCUT2D eigenvalue weighted by Crippen LogP contribution is 2.25. The summed E-state index contributed by atoms with van der Waals surface area (Å²) in [6.45, 7) is 5.36. The maximum absolute atomic E-state index is 13.6. The minimum Gasteiger partial charge on any atom is -0.374 e. The topological polar surface area (TPSA) is 3.24 Å². The maximum atomic E-state index is 13.6. The predicted octanol–water partition coefficient (Wildman–Crippen LogP) is 4.20. The van der Waals surface area contributed by atoms with Crippen molar-refractivity contribution in [1.82, 2.24) is 0 Å². The Kier molecular flexibility index (Phi) is 5.26. The van der Waals surface area contributed by atoms with Crippen molar-refractivity contribution in [3.63, 3.8) is 0 Å². The van der Waals surface area contributed by atoms with E-state index in [0.29, 0.717) is 11.2 Å². The van der Waals surface area contributed by atoms with Crippen molar-refractivity contribution in [3.05, 3.63) is 29.6 Å². The average molecular weight is 288 g/mol. The second-order valence-corrected chi connectivity index (χ2v) is 5.04. The first-order valence-electron chi connectivity index (χ1n) is 5.60. The molecule has 0 bridgehead atoms. The average Bonchev–Trinajstić information content (AvgIpc) is 2.25. The van der Waals surface area contributed by atoms with Crippen molar-refractivity contribution in [2.45, 2.75) is 25.6 Å². The van der Waals surface area contributed by atoms with E-state index in [4.69, 9.17) is 0 Å². The fourth-order valence-corrected chi connectivity index (χ4v) is 2.16. The van der Waals surface area contributed by atoms with Gasteiger partial charge < -0.3 is 4.90 Å². The molecule has 0 aliphatic rings. The molecule has 0 saturated carbocycles. The molecule has 0 radical (unpaired) electrons. The lowest BCUT2D eigenvalue weighted by Gasteiger charge is -2.23. The fourth-order valence-electron chi connectivity index (χ4n) is 1.61. The van der Waals surface area contributed by atoms with Crippen LogP contribution in [-0.2, 0) is 5.33 Å². The Labute approximate surface area is 106 Å². The monoisotopic (exact) mass is 287 g/mol. The second kappa shape index (κ2) is 6.24. The number of nitrogens with zero attached hydrogens (tertiary/aromatic N) is 1. The zero-order valence-corrected chi connectivity index (χ0v) is 11.7. The molecule has 16 heavy (non-hydrogen) atoms. The number of anilines is 1. The van der Waals surface area contributed by atoms with Crippen LogP contribution in [0.4, 0.5) is 10.1 Å². The van der Waals surface area contributed by atoms with E-state index in [2.05, 4.69) is 34.7 Å². The molecule has 0 spiro atoms. The van der Waals surface area contributed by atoms with Gasteiger partial charge in [0, 0.05) is 30.2 Å². The lowest BCUT2D eigenvalue weighted by atomic mass is 10.1. The van der Waals surface area contributed by atoms with Crippen LogP contribution >= 0.6 is 15.9 Å². The summed E-state index contributed by atoms with van der Waals surface area (Å²) in [4.78, 5) is 2.12. The Morgan fingerprint density at radius 2 is 2.06 bits per heavy atom. The first-order valence-corrected chi connectivity index (χ1v) is 6.73. The van der Waals surface area contributed by atoms with Gasteiger partial charge in [0.2, 0.25) is 0 Å². The van der Waals surface area contributed by atoms with Gasteiger partial charge in [0.1, 0.15) is 5.82 Å². The van der Waals surface area contributed by atoms with Crippen molar-refractivity contribution >= 4 is 21.6 Å². The molecule has 0 aliphatic carbocycles. The summed E-state index contributed by atoms with van der Waals surface area (Å²) in [6.07, 6.45) is 1.12. The van der Waals surface area contributed by atoms with E-state index in [1.54, 1.807) is 6.07 Å². The predicted molar refractivity (Wildman–Crippen MR) is 71.8 cm³/mol.